The van der Waals surface area contributed by atoms with Crippen LogP contribution in [0, 0.1) is 6.92 Å². The Morgan fingerprint density at radius 2 is 1.85 bits per heavy atom. The van der Waals surface area contributed by atoms with E-state index in [1.807, 2.05) is 19.1 Å². The Hall–Kier alpha value is -3.68. The minimum absolute atomic E-state index is 0.249. The van der Waals surface area contributed by atoms with E-state index < -0.39 is 11.8 Å². The molecule has 0 radical (unpaired) electrons. The van der Waals surface area contributed by atoms with Crippen LogP contribution in [0.4, 0.5) is 0 Å². The van der Waals surface area contributed by atoms with Crippen LogP contribution in [0.3, 0.4) is 0 Å². The van der Waals surface area contributed by atoms with E-state index >= 15 is 0 Å². The minimum Gasteiger partial charge on any atom is -0.484 e. The summed E-state index contributed by atoms with van der Waals surface area (Å²) in [6, 6.07) is 14.1. The number of nitrogens with one attached hydrogen (secondary N) is 2. The van der Waals surface area contributed by atoms with Crippen LogP contribution in [0.25, 0.3) is 10.9 Å². The molecule has 0 spiro atoms. The number of hydrogen-bond acceptors (Lipinski definition) is 5. The van der Waals surface area contributed by atoms with Gasteiger partial charge in [0.05, 0.1) is 17.2 Å². The first-order valence-corrected chi connectivity index (χ1v) is 8.24. The van der Waals surface area contributed by atoms with Gasteiger partial charge in [0.1, 0.15) is 12.3 Å². The van der Waals surface area contributed by atoms with Gasteiger partial charge >= 0.3 is 0 Å². The number of rotatable bonds is 5. The predicted molar refractivity (Wildman–Crippen MR) is 99.0 cm³/mol. The molecule has 0 aliphatic rings. The van der Waals surface area contributed by atoms with E-state index in [0.29, 0.717) is 16.7 Å². The summed E-state index contributed by atoms with van der Waals surface area (Å²) in [6.07, 6.45) is 1.30. The number of fused-ring (bicyclic) bond motifs is 1. The Morgan fingerprint density at radius 1 is 1.07 bits per heavy atom. The molecule has 0 saturated carbocycles. The molecular weight excluding hydrogens is 348 g/mol. The lowest BCUT2D eigenvalue weighted by Gasteiger charge is -2.10. The molecule has 8 nitrogen and oxygen atoms in total. The molecule has 0 unspecified atom stereocenters. The van der Waals surface area contributed by atoms with Gasteiger partial charge < -0.3 is 4.74 Å². The molecule has 2 aromatic carbocycles. The van der Waals surface area contributed by atoms with Crippen molar-refractivity contribution < 1.29 is 14.3 Å². The van der Waals surface area contributed by atoms with E-state index in [1.165, 1.54) is 10.9 Å². The number of aryl methyl sites for hydroxylation is 1. The van der Waals surface area contributed by atoms with Crippen LogP contribution in [-0.4, -0.2) is 28.0 Å². The van der Waals surface area contributed by atoms with Gasteiger partial charge in [0.25, 0.3) is 17.4 Å². The highest BCUT2D eigenvalue weighted by atomic mass is 16.5. The summed E-state index contributed by atoms with van der Waals surface area (Å²) in [4.78, 5) is 40.2. The Labute approximate surface area is 154 Å². The van der Waals surface area contributed by atoms with Gasteiger partial charge in [-0.15, -0.1) is 0 Å². The Kier molecular flexibility index (Phi) is 5.46. The zero-order chi connectivity index (χ0) is 19.2. The van der Waals surface area contributed by atoms with Gasteiger partial charge in [-0.2, -0.15) is 0 Å². The summed E-state index contributed by atoms with van der Waals surface area (Å²) in [6.45, 7) is 1.40. The summed E-state index contributed by atoms with van der Waals surface area (Å²) >= 11 is 0. The zero-order valence-electron chi connectivity index (χ0n) is 14.6. The number of hydrazine groups is 1. The summed E-state index contributed by atoms with van der Waals surface area (Å²) in [7, 11) is 0. The molecule has 8 heteroatoms. The number of amides is 2. The van der Waals surface area contributed by atoms with Crippen LogP contribution < -0.4 is 21.1 Å². The van der Waals surface area contributed by atoms with Crippen molar-refractivity contribution in [3.8, 4) is 5.75 Å². The number of aromatic nitrogens is 2. The number of ether oxygens (including phenoxy) is 1. The van der Waals surface area contributed by atoms with Gasteiger partial charge in [-0.3, -0.25) is 29.8 Å². The number of hydrogen-bond donors (Lipinski definition) is 2. The molecule has 3 aromatic rings. The quantitative estimate of drug-likeness (QED) is 0.654. The Bertz CT molecular complexity index is 1050. The first-order valence-electron chi connectivity index (χ1n) is 8.24. The largest absolute Gasteiger partial charge is 0.484 e. The van der Waals surface area contributed by atoms with E-state index in [0.717, 1.165) is 5.56 Å². The average Bonchev–Trinajstić information content (AvgIpc) is 2.67. The average molecular weight is 366 g/mol. The molecule has 0 aliphatic carbocycles. The first kappa shape index (κ1) is 18.1. The van der Waals surface area contributed by atoms with Crippen molar-refractivity contribution in [3.63, 3.8) is 0 Å². The maximum absolute atomic E-state index is 12.3. The highest BCUT2D eigenvalue weighted by Crippen LogP contribution is 2.11. The number of carbonyl (C=O) groups excluding carboxylic acids is 2. The molecule has 2 amide bonds. The van der Waals surface area contributed by atoms with Gasteiger partial charge in [-0.25, -0.2) is 4.98 Å². The summed E-state index contributed by atoms with van der Waals surface area (Å²) in [5, 5.41) is 0.420. The molecule has 3 rings (SSSR count). The molecule has 0 bridgehead atoms. The third kappa shape index (κ3) is 4.69. The minimum atomic E-state index is -0.557. The topological polar surface area (TPSA) is 102 Å². The molecule has 1 aromatic heterocycles. The molecule has 1 heterocycles. The third-order valence-corrected chi connectivity index (χ3v) is 3.75. The van der Waals surface area contributed by atoms with Crippen LogP contribution >= 0.6 is 0 Å². The Morgan fingerprint density at radius 3 is 2.67 bits per heavy atom. The fraction of sp³-hybridized carbons (Fsp3) is 0.158. The monoisotopic (exact) mass is 366 g/mol. The third-order valence-electron chi connectivity index (χ3n) is 3.75. The van der Waals surface area contributed by atoms with Crippen LogP contribution in [-0.2, 0) is 16.1 Å². The summed E-state index contributed by atoms with van der Waals surface area (Å²) in [5.41, 5.74) is 5.73. The SMILES string of the molecule is Cc1cccc(OCC(=O)NNC(=O)Cn2cnc3ccccc3c2=O)c1. The van der Waals surface area contributed by atoms with E-state index in [9.17, 15) is 14.4 Å². The molecule has 0 saturated heterocycles. The van der Waals surface area contributed by atoms with Crippen molar-refractivity contribution in [1.82, 2.24) is 20.4 Å². The van der Waals surface area contributed by atoms with E-state index in [1.54, 1.807) is 36.4 Å². The normalized spacial score (nSPS) is 10.4. The maximum atomic E-state index is 12.3. The second-order valence-corrected chi connectivity index (χ2v) is 5.90. The lowest BCUT2D eigenvalue weighted by atomic mass is 10.2. The smallest absolute Gasteiger partial charge is 0.276 e. The zero-order valence-corrected chi connectivity index (χ0v) is 14.6. The number of nitrogens with zero attached hydrogens (tertiary/aromatic N) is 2. The highest BCUT2D eigenvalue weighted by Gasteiger charge is 2.09. The summed E-state index contributed by atoms with van der Waals surface area (Å²) < 4.78 is 6.51. The van der Waals surface area contributed by atoms with Crippen molar-refractivity contribution in [1.29, 1.82) is 0 Å². The lowest BCUT2D eigenvalue weighted by Crippen LogP contribution is -2.45. The van der Waals surface area contributed by atoms with E-state index in [4.69, 9.17) is 4.74 Å². The van der Waals surface area contributed by atoms with Crippen molar-refractivity contribution >= 4 is 22.7 Å². The molecule has 138 valence electrons. The highest BCUT2D eigenvalue weighted by molar-refractivity contribution is 5.83. The van der Waals surface area contributed by atoms with Crippen molar-refractivity contribution in [2.24, 2.45) is 0 Å². The van der Waals surface area contributed by atoms with Gasteiger partial charge in [0.2, 0.25) is 0 Å². The lowest BCUT2D eigenvalue weighted by molar-refractivity contribution is -0.130. The second kappa shape index (κ2) is 8.13. The van der Waals surface area contributed by atoms with E-state index in [2.05, 4.69) is 15.8 Å². The van der Waals surface area contributed by atoms with Crippen molar-refractivity contribution in [2.75, 3.05) is 6.61 Å². The molecule has 0 fully saturated rings. The van der Waals surface area contributed by atoms with Gasteiger partial charge in [0.15, 0.2) is 6.61 Å². The van der Waals surface area contributed by atoms with Gasteiger partial charge in [-0.05, 0) is 36.8 Å². The van der Waals surface area contributed by atoms with Crippen molar-refractivity contribution in [2.45, 2.75) is 13.5 Å². The first-order chi connectivity index (χ1) is 13.0. The fourth-order valence-electron chi connectivity index (χ4n) is 2.44. The maximum Gasteiger partial charge on any atom is 0.276 e. The molecule has 27 heavy (non-hydrogen) atoms. The summed E-state index contributed by atoms with van der Waals surface area (Å²) in [5.74, 6) is -0.516. The van der Waals surface area contributed by atoms with E-state index in [-0.39, 0.29) is 18.7 Å². The number of benzene rings is 2. The number of para-hydroxylation sites is 1. The molecule has 2 N–H and O–H groups in total. The standard InChI is InChI=1S/C19H18N4O4/c1-13-5-4-6-14(9-13)27-11-18(25)22-21-17(24)10-23-12-20-16-8-3-2-7-15(16)19(23)26/h2-9,12H,10-11H2,1H3,(H,21,24)(H,22,25). The van der Waals surface area contributed by atoms with Gasteiger partial charge in [0, 0.05) is 0 Å². The Balaban J connectivity index is 1.51. The molecule has 0 atom stereocenters. The van der Waals surface area contributed by atoms with Crippen LogP contribution in [0.5, 0.6) is 5.75 Å². The molecule has 0 aliphatic heterocycles. The van der Waals surface area contributed by atoms with Crippen LogP contribution in [0.1, 0.15) is 5.56 Å². The number of carbonyl (C=O) groups is 2. The van der Waals surface area contributed by atoms with Crippen molar-refractivity contribution in [3.05, 3.63) is 70.8 Å². The molecular formula is C19H18N4O4. The van der Waals surface area contributed by atoms with Crippen LogP contribution in [0.2, 0.25) is 0 Å². The second-order valence-electron chi connectivity index (χ2n) is 5.90. The fourth-order valence-corrected chi connectivity index (χ4v) is 2.44. The van der Waals surface area contributed by atoms with Crippen LogP contribution in [0.15, 0.2) is 59.7 Å². The predicted octanol–water partition coefficient (Wildman–Crippen LogP) is 0.931. The van der Waals surface area contributed by atoms with Gasteiger partial charge in [-0.1, -0.05) is 24.3 Å².